The van der Waals surface area contributed by atoms with Crippen LogP contribution in [-0.2, 0) is 16.0 Å². The van der Waals surface area contributed by atoms with Crippen LogP contribution in [0.5, 0.6) is 5.75 Å². The zero-order valence-electron chi connectivity index (χ0n) is 19.6. The summed E-state index contributed by atoms with van der Waals surface area (Å²) < 4.78 is 24.3. The van der Waals surface area contributed by atoms with Crippen LogP contribution in [0.2, 0.25) is 0 Å². The van der Waals surface area contributed by atoms with E-state index >= 15 is 0 Å². The molecule has 1 fully saturated rings. The Morgan fingerprint density at radius 3 is 2.50 bits per heavy atom. The molecule has 8 nitrogen and oxygen atoms in total. The Bertz CT molecular complexity index is 1230. The van der Waals surface area contributed by atoms with Crippen LogP contribution in [0, 0.1) is 15.9 Å². The first-order valence-corrected chi connectivity index (χ1v) is 11.4. The number of cyclic esters (lactones) is 1. The van der Waals surface area contributed by atoms with E-state index in [0.29, 0.717) is 23.3 Å². The van der Waals surface area contributed by atoms with Crippen molar-refractivity contribution < 1.29 is 28.4 Å². The minimum absolute atomic E-state index is 0.00860. The highest BCUT2D eigenvalue weighted by molar-refractivity contribution is 5.97. The van der Waals surface area contributed by atoms with Gasteiger partial charge in [-0.1, -0.05) is 54.6 Å². The lowest BCUT2D eigenvalue weighted by molar-refractivity contribution is -0.483. The summed E-state index contributed by atoms with van der Waals surface area (Å²) in [5, 5.41) is 11.7. The second-order valence-corrected chi connectivity index (χ2v) is 8.56. The summed E-state index contributed by atoms with van der Waals surface area (Å²) in [5.74, 6) is -2.79. The summed E-state index contributed by atoms with van der Waals surface area (Å²) in [6.07, 6.45) is -0.438. The van der Waals surface area contributed by atoms with Crippen molar-refractivity contribution in [2.24, 2.45) is 0 Å². The van der Waals surface area contributed by atoms with Crippen molar-refractivity contribution in [1.82, 2.24) is 4.90 Å². The molecule has 0 aromatic heterocycles. The first-order valence-electron chi connectivity index (χ1n) is 11.4. The predicted octanol–water partition coefficient (Wildman–Crippen LogP) is 4.57. The Morgan fingerprint density at radius 2 is 1.83 bits per heavy atom. The van der Waals surface area contributed by atoms with Crippen molar-refractivity contribution >= 4 is 12.0 Å². The molecule has 0 unspecified atom stereocenters. The molecule has 0 spiro atoms. The lowest BCUT2D eigenvalue weighted by atomic mass is 9.80. The molecule has 0 saturated carbocycles. The van der Waals surface area contributed by atoms with Crippen molar-refractivity contribution in [3.05, 3.63) is 111 Å². The third-order valence-electron chi connectivity index (χ3n) is 6.28. The molecule has 36 heavy (non-hydrogen) atoms. The molecular formula is C27H25FN2O6. The number of carbonyl (C=O) groups excluding carboxylic acids is 2. The van der Waals surface area contributed by atoms with Gasteiger partial charge < -0.3 is 9.47 Å². The zero-order valence-corrected chi connectivity index (χ0v) is 19.6. The van der Waals surface area contributed by atoms with Gasteiger partial charge in [0.1, 0.15) is 18.2 Å². The lowest BCUT2D eigenvalue weighted by Crippen LogP contribution is -2.45. The maximum Gasteiger partial charge on any atom is 0.417 e. The highest BCUT2D eigenvalue weighted by Gasteiger charge is 2.45. The molecule has 186 valence electrons. The monoisotopic (exact) mass is 492 g/mol. The van der Waals surface area contributed by atoms with Gasteiger partial charge in [-0.2, -0.15) is 0 Å². The highest BCUT2D eigenvalue weighted by atomic mass is 19.1. The first-order chi connectivity index (χ1) is 17.4. The molecule has 0 bridgehead atoms. The van der Waals surface area contributed by atoms with Crippen molar-refractivity contribution in [2.75, 3.05) is 20.3 Å². The van der Waals surface area contributed by atoms with Gasteiger partial charge in [-0.15, -0.1) is 0 Å². The molecule has 3 aromatic rings. The fraction of sp³-hybridized carbons (Fsp3) is 0.259. The average Bonchev–Trinajstić information content (AvgIpc) is 3.24. The molecule has 0 N–H and O–H groups in total. The molecular weight excluding hydrogens is 467 g/mol. The average molecular weight is 493 g/mol. The van der Waals surface area contributed by atoms with Crippen molar-refractivity contribution in [3.8, 4) is 5.75 Å². The van der Waals surface area contributed by atoms with Crippen LogP contribution in [0.3, 0.4) is 0 Å². The van der Waals surface area contributed by atoms with Gasteiger partial charge in [0.2, 0.25) is 12.5 Å². The van der Waals surface area contributed by atoms with Gasteiger partial charge in [0, 0.05) is 4.92 Å². The minimum Gasteiger partial charge on any atom is -0.497 e. The number of ether oxygens (including phenoxy) is 2. The number of nitrogens with zero attached hydrogens (tertiary/aromatic N) is 2. The van der Waals surface area contributed by atoms with Crippen molar-refractivity contribution in [3.63, 3.8) is 0 Å². The van der Waals surface area contributed by atoms with Gasteiger partial charge >= 0.3 is 6.09 Å². The second-order valence-electron chi connectivity index (χ2n) is 8.56. The predicted molar refractivity (Wildman–Crippen MR) is 129 cm³/mol. The summed E-state index contributed by atoms with van der Waals surface area (Å²) in [5.41, 5.74) is 1.75. The van der Waals surface area contributed by atoms with Gasteiger partial charge in [-0.05, 0) is 47.4 Å². The van der Waals surface area contributed by atoms with Gasteiger partial charge in [0.25, 0.3) is 0 Å². The maximum atomic E-state index is 14.1. The summed E-state index contributed by atoms with van der Waals surface area (Å²) >= 11 is 0. The van der Waals surface area contributed by atoms with E-state index in [0.717, 1.165) is 10.5 Å². The number of nitro groups is 1. The second kappa shape index (κ2) is 11.0. The molecule has 1 saturated heterocycles. The molecule has 1 aliphatic rings. The topological polar surface area (TPSA) is 99.0 Å². The Balaban J connectivity index is 1.78. The SMILES string of the molecule is COc1cccc([C@H](C[N+](=O)[O-])[C@H](C(=O)N2C(=O)OC[C@@H]2Cc2ccccc2)c2ccc(F)cc2)c1. The number of halogens is 1. The van der Waals surface area contributed by atoms with E-state index in [1.54, 1.807) is 24.3 Å². The number of methoxy groups -OCH3 is 1. The van der Waals surface area contributed by atoms with Crippen LogP contribution in [-0.4, -0.2) is 48.1 Å². The van der Waals surface area contributed by atoms with E-state index in [1.807, 2.05) is 30.3 Å². The largest absolute Gasteiger partial charge is 0.497 e. The third kappa shape index (κ3) is 5.51. The Morgan fingerprint density at radius 1 is 1.11 bits per heavy atom. The fourth-order valence-electron chi connectivity index (χ4n) is 4.57. The molecule has 1 aliphatic heterocycles. The van der Waals surface area contributed by atoms with Crippen LogP contribution >= 0.6 is 0 Å². The number of hydrogen-bond acceptors (Lipinski definition) is 6. The number of hydrogen-bond donors (Lipinski definition) is 0. The number of amides is 2. The van der Waals surface area contributed by atoms with Crippen LogP contribution < -0.4 is 4.74 Å². The highest BCUT2D eigenvalue weighted by Crippen LogP contribution is 2.38. The summed E-state index contributed by atoms with van der Waals surface area (Å²) in [7, 11) is 1.47. The van der Waals surface area contributed by atoms with E-state index in [1.165, 1.54) is 31.4 Å². The molecule has 0 radical (unpaired) electrons. The maximum absolute atomic E-state index is 14.1. The van der Waals surface area contributed by atoms with E-state index in [2.05, 4.69) is 0 Å². The van der Waals surface area contributed by atoms with Crippen LogP contribution in [0.4, 0.5) is 9.18 Å². The Labute approximate surface area is 207 Å². The Hall–Kier alpha value is -4.27. The lowest BCUT2D eigenvalue weighted by Gasteiger charge is -2.29. The van der Waals surface area contributed by atoms with E-state index in [-0.39, 0.29) is 6.61 Å². The van der Waals surface area contributed by atoms with Gasteiger partial charge in [-0.3, -0.25) is 14.9 Å². The van der Waals surface area contributed by atoms with Crippen molar-refractivity contribution in [1.29, 1.82) is 0 Å². The fourth-order valence-corrected chi connectivity index (χ4v) is 4.57. The summed E-state index contributed by atoms with van der Waals surface area (Å²) in [6.45, 7) is -0.581. The smallest absolute Gasteiger partial charge is 0.417 e. The first kappa shape index (κ1) is 24.8. The molecule has 3 aromatic carbocycles. The van der Waals surface area contributed by atoms with Crippen LogP contribution in [0.15, 0.2) is 78.9 Å². The summed E-state index contributed by atoms with van der Waals surface area (Å²) in [6, 6.07) is 20.6. The number of benzene rings is 3. The molecule has 2 amide bonds. The van der Waals surface area contributed by atoms with E-state index in [4.69, 9.17) is 9.47 Å². The molecule has 9 heteroatoms. The minimum atomic E-state index is -1.15. The number of carbonyl (C=O) groups is 2. The zero-order chi connectivity index (χ0) is 25.7. The van der Waals surface area contributed by atoms with Gasteiger partial charge in [-0.25, -0.2) is 14.1 Å². The van der Waals surface area contributed by atoms with E-state index in [9.17, 15) is 24.1 Å². The number of rotatable bonds is 9. The quantitative estimate of drug-likeness (QED) is 0.321. The molecule has 1 heterocycles. The summed E-state index contributed by atoms with van der Waals surface area (Å²) in [4.78, 5) is 39.1. The molecule has 4 rings (SSSR count). The Kier molecular flexibility index (Phi) is 7.58. The molecule has 3 atom stereocenters. The van der Waals surface area contributed by atoms with Gasteiger partial charge in [0.15, 0.2) is 0 Å². The van der Waals surface area contributed by atoms with Crippen molar-refractivity contribution in [2.45, 2.75) is 24.3 Å². The standard InChI is InChI=1S/C27H25FN2O6/c1-35-23-9-5-8-20(15-23)24(16-29(33)34)25(19-10-12-21(28)13-11-19)26(31)30-22(17-36-27(30)32)14-18-6-3-2-4-7-18/h2-13,15,22,24-25H,14,16-17H2,1H3/t22-,24-,25+/m0/s1. The van der Waals surface area contributed by atoms with E-state index < -0.39 is 47.2 Å². The van der Waals surface area contributed by atoms with Crippen LogP contribution in [0.25, 0.3) is 0 Å². The molecule has 0 aliphatic carbocycles. The third-order valence-corrected chi connectivity index (χ3v) is 6.28. The number of imide groups is 1. The van der Waals surface area contributed by atoms with Crippen LogP contribution in [0.1, 0.15) is 28.5 Å². The van der Waals surface area contributed by atoms with Gasteiger partial charge in [0.05, 0.1) is 25.0 Å². The normalized spacial score (nSPS) is 16.8.